The van der Waals surface area contributed by atoms with E-state index >= 15 is 0 Å². The first kappa shape index (κ1) is 17.5. The minimum atomic E-state index is 0.0450. The molecule has 1 unspecified atom stereocenters. The van der Waals surface area contributed by atoms with E-state index in [9.17, 15) is 0 Å². The smallest absolute Gasteiger partial charge is 0.229 e. The zero-order valence-corrected chi connectivity index (χ0v) is 15.4. The van der Waals surface area contributed by atoms with E-state index in [4.69, 9.17) is 14.0 Å². The number of hydrogen-bond donors (Lipinski definition) is 0. The van der Waals surface area contributed by atoms with Crippen molar-refractivity contribution in [1.82, 2.24) is 15.0 Å². The zero-order chi connectivity index (χ0) is 17.8. The van der Waals surface area contributed by atoms with E-state index in [1.165, 1.54) is 32.1 Å². The number of ether oxygens (including phenoxy) is 2. The molecule has 6 nitrogen and oxygen atoms in total. The molecule has 1 aromatic heterocycles. The number of hydrogen-bond acceptors (Lipinski definition) is 6. The predicted octanol–water partition coefficient (Wildman–Crippen LogP) is 3.70. The van der Waals surface area contributed by atoms with Crippen LogP contribution >= 0.6 is 0 Å². The van der Waals surface area contributed by atoms with Crippen molar-refractivity contribution >= 4 is 0 Å². The maximum Gasteiger partial charge on any atom is 0.229 e. The zero-order valence-electron chi connectivity index (χ0n) is 15.4. The highest BCUT2D eigenvalue weighted by atomic mass is 16.5. The van der Waals surface area contributed by atoms with E-state index in [0.29, 0.717) is 19.1 Å². The van der Waals surface area contributed by atoms with Gasteiger partial charge in [0, 0.05) is 19.0 Å². The molecule has 2 heterocycles. The number of rotatable bonds is 5. The lowest BCUT2D eigenvalue weighted by Gasteiger charge is -2.32. The number of nitrogens with zero attached hydrogens (tertiary/aromatic N) is 3. The number of aromatic nitrogens is 2. The summed E-state index contributed by atoms with van der Waals surface area (Å²) in [5, 5.41) is 4.22. The summed E-state index contributed by atoms with van der Waals surface area (Å²) >= 11 is 0. The standard InChI is InChI=1S/C20H27N3O3/c1-24-17-9-5-8-16(12-17)18-13-23(10-11-25-18)14-19-21-20(26-22-19)15-6-3-2-4-7-15/h5,8-9,12,15,18H,2-4,6-7,10-11,13-14H2,1H3. The second-order valence-electron chi connectivity index (χ2n) is 7.25. The topological polar surface area (TPSA) is 60.6 Å². The summed E-state index contributed by atoms with van der Waals surface area (Å²) in [5.41, 5.74) is 1.14. The highest BCUT2D eigenvalue weighted by Crippen LogP contribution is 2.32. The van der Waals surface area contributed by atoms with Gasteiger partial charge in [-0.3, -0.25) is 4.90 Å². The van der Waals surface area contributed by atoms with E-state index < -0.39 is 0 Å². The van der Waals surface area contributed by atoms with Crippen LogP contribution in [-0.4, -0.2) is 41.8 Å². The van der Waals surface area contributed by atoms with Crippen molar-refractivity contribution in [2.75, 3.05) is 26.8 Å². The maximum absolute atomic E-state index is 5.97. The van der Waals surface area contributed by atoms with Gasteiger partial charge >= 0.3 is 0 Å². The van der Waals surface area contributed by atoms with Gasteiger partial charge in [0.05, 0.1) is 26.4 Å². The minimum absolute atomic E-state index is 0.0450. The van der Waals surface area contributed by atoms with Crippen molar-refractivity contribution in [3.8, 4) is 5.75 Å². The van der Waals surface area contributed by atoms with Gasteiger partial charge in [0.15, 0.2) is 5.82 Å². The number of methoxy groups -OCH3 is 1. The lowest BCUT2D eigenvalue weighted by molar-refractivity contribution is -0.0339. The van der Waals surface area contributed by atoms with Crippen LogP contribution in [0.25, 0.3) is 0 Å². The van der Waals surface area contributed by atoms with Gasteiger partial charge in [-0.2, -0.15) is 4.98 Å². The molecule has 140 valence electrons. The predicted molar refractivity (Wildman–Crippen MR) is 97.1 cm³/mol. The second kappa shape index (κ2) is 8.18. The number of morpholine rings is 1. The average molecular weight is 357 g/mol. The Bertz CT molecular complexity index is 712. The molecule has 1 aliphatic carbocycles. The fourth-order valence-electron chi connectivity index (χ4n) is 3.94. The molecule has 0 spiro atoms. The van der Waals surface area contributed by atoms with Crippen LogP contribution in [0, 0.1) is 0 Å². The summed E-state index contributed by atoms with van der Waals surface area (Å²) in [6.45, 7) is 3.11. The monoisotopic (exact) mass is 357 g/mol. The third kappa shape index (κ3) is 4.07. The third-order valence-electron chi connectivity index (χ3n) is 5.42. The first-order chi connectivity index (χ1) is 12.8. The quantitative estimate of drug-likeness (QED) is 0.813. The van der Waals surface area contributed by atoms with Crippen LogP contribution in [-0.2, 0) is 11.3 Å². The van der Waals surface area contributed by atoms with E-state index in [0.717, 1.165) is 36.1 Å². The van der Waals surface area contributed by atoms with Gasteiger partial charge in [-0.1, -0.05) is 36.6 Å². The van der Waals surface area contributed by atoms with Crippen LogP contribution in [0.15, 0.2) is 28.8 Å². The van der Waals surface area contributed by atoms with Crippen molar-refractivity contribution in [3.05, 3.63) is 41.5 Å². The Labute approximate surface area is 154 Å². The Hall–Kier alpha value is -1.92. The van der Waals surface area contributed by atoms with Gasteiger partial charge in [-0.25, -0.2) is 0 Å². The lowest BCUT2D eigenvalue weighted by atomic mass is 9.89. The first-order valence-corrected chi connectivity index (χ1v) is 9.62. The van der Waals surface area contributed by atoms with Crippen LogP contribution in [0.5, 0.6) is 5.75 Å². The molecule has 0 bridgehead atoms. The van der Waals surface area contributed by atoms with Gasteiger partial charge in [0.25, 0.3) is 0 Å². The van der Waals surface area contributed by atoms with Crippen molar-refractivity contribution in [2.45, 2.75) is 50.7 Å². The van der Waals surface area contributed by atoms with Crippen molar-refractivity contribution in [1.29, 1.82) is 0 Å². The molecule has 26 heavy (non-hydrogen) atoms. The Morgan fingerprint density at radius 3 is 2.96 bits per heavy atom. The van der Waals surface area contributed by atoms with E-state index in [1.807, 2.05) is 18.2 Å². The van der Waals surface area contributed by atoms with E-state index in [1.54, 1.807) is 7.11 Å². The molecule has 2 fully saturated rings. The largest absolute Gasteiger partial charge is 0.497 e. The van der Waals surface area contributed by atoms with Crippen molar-refractivity contribution in [2.24, 2.45) is 0 Å². The van der Waals surface area contributed by atoms with Crippen LogP contribution in [0.3, 0.4) is 0 Å². The van der Waals surface area contributed by atoms with Gasteiger partial charge in [-0.15, -0.1) is 0 Å². The Kier molecular flexibility index (Phi) is 5.51. The molecule has 1 aromatic carbocycles. The van der Waals surface area contributed by atoms with Crippen LogP contribution in [0.1, 0.15) is 61.4 Å². The third-order valence-corrected chi connectivity index (χ3v) is 5.42. The van der Waals surface area contributed by atoms with Gasteiger partial charge in [0.2, 0.25) is 5.89 Å². The van der Waals surface area contributed by atoms with E-state index in [-0.39, 0.29) is 6.10 Å². The summed E-state index contributed by atoms with van der Waals surface area (Å²) in [6.07, 6.45) is 6.27. The van der Waals surface area contributed by atoms with Crippen LogP contribution in [0.2, 0.25) is 0 Å². The second-order valence-corrected chi connectivity index (χ2v) is 7.25. The lowest BCUT2D eigenvalue weighted by Crippen LogP contribution is -2.38. The molecule has 1 saturated heterocycles. The fourth-order valence-corrected chi connectivity index (χ4v) is 3.94. The summed E-state index contributed by atoms with van der Waals surface area (Å²) in [6, 6.07) is 8.10. The molecule has 0 amide bonds. The van der Waals surface area contributed by atoms with Gasteiger partial charge in [-0.05, 0) is 30.5 Å². The molecular weight excluding hydrogens is 330 g/mol. The van der Waals surface area contributed by atoms with Crippen LogP contribution < -0.4 is 4.74 Å². The van der Waals surface area contributed by atoms with Gasteiger partial charge in [0.1, 0.15) is 5.75 Å². The molecule has 0 N–H and O–H groups in total. The van der Waals surface area contributed by atoms with Gasteiger partial charge < -0.3 is 14.0 Å². The summed E-state index contributed by atoms with van der Waals surface area (Å²) in [7, 11) is 1.69. The summed E-state index contributed by atoms with van der Waals surface area (Å²) < 4.78 is 16.8. The first-order valence-electron chi connectivity index (χ1n) is 9.62. The molecule has 1 saturated carbocycles. The Morgan fingerprint density at radius 2 is 2.12 bits per heavy atom. The average Bonchev–Trinajstić information content (AvgIpc) is 3.17. The normalized spacial score (nSPS) is 22.4. The molecule has 0 radical (unpaired) electrons. The molecule has 4 rings (SSSR count). The summed E-state index contributed by atoms with van der Waals surface area (Å²) in [4.78, 5) is 7.01. The Morgan fingerprint density at radius 1 is 1.23 bits per heavy atom. The molecule has 6 heteroatoms. The van der Waals surface area contributed by atoms with Crippen molar-refractivity contribution < 1.29 is 14.0 Å². The fraction of sp³-hybridized carbons (Fsp3) is 0.600. The SMILES string of the molecule is COc1cccc(C2CN(Cc3noc(C4CCCCC4)n3)CCO2)c1. The Balaban J connectivity index is 1.38. The molecule has 2 aliphatic rings. The number of benzene rings is 1. The molecular formula is C20H27N3O3. The molecule has 2 aromatic rings. The molecule has 1 atom stereocenters. The van der Waals surface area contributed by atoms with Crippen molar-refractivity contribution in [3.63, 3.8) is 0 Å². The maximum atomic E-state index is 5.97. The molecule has 1 aliphatic heterocycles. The van der Waals surface area contributed by atoms with E-state index in [2.05, 4.69) is 21.1 Å². The highest BCUT2D eigenvalue weighted by Gasteiger charge is 2.25. The summed E-state index contributed by atoms with van der Waals surface area (Å²) in [5.74, 6) is 2.94. The van der Waals surface area contributed by atoms with Crippen LogP contribution in [0.4, 0.5) is 0 Å². The highest BCUT2D eigenvalue weighted by molar-refractivity contribution is 5.30. The minimum Gasteiger partial charge on any atom is -0.497 e.